The summed E-state index contributed by atoms with van der Waals surface area (Å²) in [4.78, 5) is 29.5. The van der Waals surface area contributed by atoms with Gasteiger partial charge in [0.05, 0.1) is 18.3 Å². The summed E-state index contributed by atoms with van der Waals surface area (Å²) in [6.07, 6.45) is 1.64. The van der Waals surface area contributed by atoms with Gasteiger partial charge in [-0.2, -0.15) is 0 Å². The Morgan fingerprint density at radius 2 is 1.89 bits per heavy atom. The predicted octanol–water partition coefficient (Wildman–Crippen LogP) is 1.39. The van der Waals surface area contributed by atoms with E-state index in [1.54, 1.807) is 30.3 Å². The number of carbonyl (C=O) groups is 2. The molecule has 1 aliphatic rings. The fourth-order valence-electron chi connectivity index (χ4n) is 2.15. The van der Waals surface area contributed by atoms with Gasteiger partial charge in [0.25, 0.3) is 5.91 Å². The fraction of sp³-hybridized carbons (Fsp3) is 0.0714. The van der Waals surface area contributed by atoms with E-state index in [4.69, 9.17) is 5.73 Å². The molecule has 2 heterocycles. The van der Waals surface area contributed by atoms with E-state index in [2.05, 4.69) is 4.98 Å². The summed E-state index contributed by atoms with van der Waals surface area (Å²) in [6.45, 7) is 0. The minimum atomic E-state index is -0.321. The Morgan fingerprint density at radius 1 is 1.11 bits per heavy atom. The Bertz CT molecular complexity index is 665. The minimum Gasteiger partial charge on any atom is -0.384 e. The highest BCUT2D eigenvalue weighted by atomic mass is 16.2. The van der Waals surface area contributed by atoms with Gasteiger partial charge in [0.1, 0.15) is 5.82 Å². The molecule has 0 aliphatic carbocycles. The third-order valence-electron chi connectivity index (χ3n) is 3.07. The number of amides is 2. The number of aromatic nitrogens is 1. The first-order valence-electron chi connectivity index (χ1n) is 5.83. The smallest absolute Gasteiger partial charge is 0.265 e. The van der Waals surface area contributed by atoms with E-state index < -0.39 is 0 Å². The van der Waals surface area contributed by atoms with Gasteiger partial charge in [0.2, 0.25) is 5.91 Å². The van der Waals surface area contributed by atoms with Crippen LogP contribution in [0.5, 0.6) is 0 Å². The monoisotopic (exact) mass is 253 g/mol. The average Bonchev–Trinajstić information content (AvgIpc) is 2.41. The molecule has 0 saturated heterocycles. The molecule has 0 radical (unpaired) electrons. The van der Waals surface area contributed by atoms with Gasteiger partial charge in [0.15, 0.2) is 0 Å². The first-order valence-corrected chi connectivity index (χ1v) is 5.83. The molecule has 2 amide bonds. The van der Waals surface area contributed by atoms with Crippen LogP contribution in [0, 0.1) is 0 Å². The summed E-state index contributed by atoms with van der Waals surface area (Å²) in [6, 6.07) is 10.3. The molecule has 0 atom stereocenters. The predicted molar refractivity (Wildman–Crippen MR) is 70.6 cm³/mol. The molecule has 0 bridgehead atoms. The van der Waals surface area contributed by atoms with Gasteiger partial charge in [-0.1, -0.05) is 18.2 Å². The summed E-state index contributed by atoms with van der Waals surface area (Å²) in [5.41, 5.74) is 7.26. The largest absolute Gasteiger partial charge is 0.384 e. The highest BCUT2D eigenvalue weighted by Gasteiger charge is 2.31. The zero-order valence-corrected chi connectivity index (χ0v) is 10.0. The summed E-state index contributed by atoms with van der Waals surface area (Å²) in [5, 5.41) is 0. The van der Waals surface area contributed by atoms with Crippen molar-refractivity contribution in [2.75, 3.05) is 10.6 Å². The normalized spacial score (nSPS) is 14.4. The van der Waals surface area contributed by atoms with Crippen LogP contribution in [0.25, 0.3) is 0 Å². The van der Waals surface area contributed by atoms with Crippen LogP contribution in [0.2, 0.25) is 0 Å². The Morgan fingerprint density at radius 3 is 2.63 bits per heavy atom. The number of anilines is 2. The molecule has 5 heteroatoms. The number of hydrogen-bond donors (Lipinski definition) is 1. The molecule has 0 saturated carbocycles. The standard InChI is InChI=1S/C14H11N3O2/c15-12-6-5-10(8-16-12)17-13(18)7-9-3-1-2-4-11(9)14(17)19/h1-6,8H,7H2,(H2,15,16). The van der Waals surface area contributed by atoms with E-state index in [9.17, 15) is 9.59 Å². The van der Waals surface area contributed by atoms with Crippen molar-refractivity contribution < 1.29 is 9.59 Å². The number of benzene rings is 1. The number of nitrogens with zero attached hydrogens (tertiary/aromatic N) is 2. The van der Waals surface area contributed by atoms with Gasteiger partial charge in [-0.3, -0.25) is 9.59 Å². The second-order valence-corrected chi connectivity index (χ2v) is 4.31. The maximum atomic E-state index is 12.4. The van der Waals surface area contributed by atoms with Crippen molar-refractivity contribution >= 4 is 23.3 Å². The van der Waals surface area contributed by atoms with E-state index in [1.165, 1.54) is 6.20 Å². The average molecular weight is 253 g/mol. The Balaban J connectivity index is 2.06. The Labute approximate surface area is 109 Å². The molecule has 0 unspecified atom stereocenters. The Hall–Kier alpha value is -2.69. The van der Waals surface area contributed by atoms with E-state index in [0.29, 0.717) is 17.1 Å². The lowest BCUT2D eigenvalue weighted by Gasteiger charge is -2.26. The number of imide groups is 1. The van der Waals surface area contributed by atoms with Crippen molar-refractivity contribution in [2.45, 2.75) is 6.42 Å². The molecule has 94 valence electrons. The first-order chi connectivity index (χ1) is 9.16. The van der Waals surface area contributed by atoms with Gasteiger partial charge < -0.3 is 5.73 Å². The van der Waals surface area contributed by atoms with Gasteiger partial charge in [-0.05, 0) is 23.8 Å². The second-order valence-electron chi connectivity index (χ2n) is 4.31. The number of nitrogens with two attached hydrogens (primary N) is 1. The summed E-state index contributed by atoms with van der Waals surface area (Å²) in [5.74, 6) is -0.227. The number of pyridine rings is 1. The van der Waals surface area contributed by atoms with Crippen LogP contribution >= 0.6 is 0 Å². The summed E-state index contributed by atoms with van der Waals surface area (Å²) in [7, 11) is 0. The maximum absolute atomic E-state index is 12.4. The van der Waals surface area contributed by atoms with Crippen LogP contribution in [-0.2, 0) is 11.2 Å². The summed E-state index contributed by atoms with van der Waals surface area (Å²) >= 11 is 0. The highest BCUT2D eigenvalue weighted by Crippen LogP contribution is 2.25. The van der Waals surface area contributed by atoms with Crippen LogP contribution in [0.1, 0.15) is 15.9 Å². The second kappa shape index (κ2) is 4.20. The van der Waals surface area contributed by atoms with Crippen molar-refractivity contribution in [2.24, 2.45) is 0 Å². The molecule has 3 rings (SSSR count). The molecule has 19 heavy (non-hydrogen) atoms. The zero-order chi connectivity index (χ0) is 13.4. The van der Waals surface area contributed by atoms with E-state index in [0.717, 1.165) is 10.5 Å². The lowest BCUT2D eigenvalue weighted by Crippen LogP contribution is -2.42. The fourth-order valence-corrected chi connectivity index (χ4v) is 2.15. The topological polar surface area (TPSA) is 76.3 Å². The van der Waals surface area contributed by atoms with Crippen LogP contribution in [-0.4, -0.2) is 16.8 Å². The minimum absolute atomic E-state index is 0.215. The molecule has 2 aromatic rings. The SMILES string of the molecule is Nc1ccc(N2C(=O)Cc3ccccc3C2=O)cn1. The molecule has 5 nitrogen and oxygen atoms in total. The molecular formula is C14H11N3O2. The van der Waals surface area contributed by atoms with Gasteiger partial charge >= 0.3 is 0 Å². The van der Waals surface area contributed by atoms with E-state index in [1.807, 2.05) is 6.07 Å². The number of hydrogen-bond acceptors (Lipinski definition) is 4. The van der Waals surface area contributed by atoms with Crippen molar-refractivity contribution in [1.29, 1.82) is 0 Å². The van der Waals surface area contributed by atoms with Gasteiger partial charge in [-0.25, -0.2) is 9.88 Å². The van der Waals surface area contributed by atoms with Crippen molar-refractivity contribution in [3.8, 4) is 0 Å². The van der Waals surface area contributed by atoms with Crippen LogP contribution < -0.4 is 10.6 Å². The lowest BCUT2D eigenvalue weighted by atomic mass is 9.98. The number of rotatable bonds is 1. The molecule has 1 aromatic heterocycles. The van der Waals surface area contributed by atoms with Crippen LogP contribution in [0.15, 0.2) is 42.6 Å². The quantitative estimate of drug-likeness (QED) is 0.779. The maximum Gasteiger partial charge on any atom is 0.265 e. The van der Waals surface area contributed by atoms with Crippen molar-refractivity contribution in [1.82, 2.24) is 4.98 Å². The van der Waals surface area contributed by atoms with Crippen LogP contribution in [0.3, 0.4) is 0 Å². The number of carbonyl (C=O) groups excluding carboxylic acids is 2. The summed E-state index contributed by atoms with van der Waals surface area (Å²) < 4.78 is 0. The first kappa shape index (κ1) is 11.4. The van der Waals surface area contributed by atoms with Crippen molar-refractivity contribution in [3.63, 3.8) is 0 Å². The third kappa shape index (κ3) is 1.85. The third-order valence-corrected chi connectivity index (χ3v) is 3.07. The molecule has 0 spiro atoms. The molecule has 0 fully saturated rings. The highest BCUT2D eigenvalue weighted by molar-refractivity contribution is 6.24. The lowest BCUT2D eigenvalue weighted by molar-refractivity contribution is -0.117. The number of fused-ring (bicyclic) bond motifs is 1. The van der Waals surface area contributed by atoms with Crippen molar-refractivity contribution in [3.05, 3.63) is 53.7 Å². The molecule has 1 aromatic carbocycles. The van der Waals surface area contributed by atoms with Gasteiger partial charge in [-0.15, -0.1) is 0 Å². The van der Waals surface area contributed by atoms with E-state index in [-0.39, 0.29) is 18.2 Å². The molecule has 1 aliphatic heterocycles. The number of nitrogen functional groups attached to an aromatic ring is 1. The Kier molecular flexibility index (Phi) is 2.52. The molecule has 2 N–H and O–H groups in total. The zero-order valence-electron chi connectivity index (χ0n) is 10.0. The molecular weight excluding hydrogens is 242 g/mol. The van der Waals surface area contributed by atoms with Gasteiger partial charge in [0, 0.05) is 5.56 Å². The van der Waals surface area contributed by atoms with Crippen LogP contribution in [0.4, 0.5) is 11.5 Å². The van der Waals surface area contributed by atoms with E-state index >= 15 is 0 Å².